The minimum atomic E-state index is -0.0337. The fourth-order valence-electron chi connectivity index (χ4n) is 2.91. The molecule has 1 aromatic heterocycles. The standard InChI is InChI=1S/C19H16ClNO3/c20-15-4-1-13(2-5-15)14-3-6-18-16(11-14)17(22)12-19(24-18)21-7-9-23-10-8-21/h1-6,11-12H,7-10H2. The molecule has 0 atom stereocenters. The van der Waals surface area contributed by atoms with E-state index in [1.165, 1.54) is 0 Å². The molecule has 1 fully saturated rings. The molecule has 5 heteroatoms. The molecule has 4 rings (SSSR count). The number of anilines is 1. The summed E-state index contributed by atoms with van der Waals surface area (Å²) in [6.45, 7) is 2.77. The number of hydrogen-bond acceptors (Lipinski definition) is 4. The Bertz CT molecular complexity index is 927. The van der Waals surface area contributed by atoms with Crippen molar-refractivity contribution in [3.8, 4) is 11.1 Å². The second kappa shape index (κ2) is 6.30. The van der Waals surface area contributed by atoms with Crippen LogP contribution in [0.3, 0.4) is 0 Å². The molecule has 1 aliphatic rings. The molecule has 1 aliphatic heterocycles. The Balaban J connectivity index is 1.76. The molecule has 0 aliphatic carbocycles. The van der Waals surface area contributed by atoms with Crippen LogP contribution >= 0.6 is 11.6 Å². The molecule has 0 bridgehead atoms. The number of rotatable bonds is 2. The average Bonchev–Trinajstić information content (AvgIpc) is 2.63. The van der Waals surface area contributed by atoms with E-state index in [4.69, 9.17) is 20.8 Å². The first-order valence-electron chi connectivity index (χ1n) is 7.87. The minimum absolute atomic E-state index is 0.0337. The fourth-order valence-corrected chi connectivity index (χ4v) is 3.03. The summed E-state index contributed by atoms with van der Waals surface area (Å²) >= 11 is 5.93. The lowest BCUT2D eigenvalue weighted by atomic mass is 10.0. The molecule has 0 unspecified atom stereocenters. The number of halogens is 1. The van der Waals surface area contributed by atoms with Gasteiger partial charge in [0.2, 0.25) is 0 Å². The zero-order valence-corrected chi connectivity index (χ0v) is 13.8. The largest absolute Gasteiger partial charge is 0.440 e. The highest BCUT2D eigenvalue weighted by molar-refractivity contribution is 6.30. The van der Waals surface area contributed by atoms with Crippen LogP contribution in [0.2, 0.25) is 5.02 Å². The summed E-state index contributed by atoms with van der Waals surface area (Å²) in [5, 5.41) is 1.27. The van der Waals surface area contributed by atoms with Gasteiger partial charge in [-0.15, -0.1) is 0 Å². The van der Waals surface area contributed by atoms with Crippen LogP contribution in [-0.2, 0) is 4.74 Å². The van der Waals surface area contributed by atoms with E-state index in [0.717, 1.165) is 24.2 Å². The maximum Gasteiger partial charge on any atom is 0.200 e. The summed E-state index contributed by atoms with van der Waals surface area (Å²) in [5.41, 5.74) is 2.54. The van der Waals surface area contributed by atoms with Crippen molar-refractivity contribution in [3.05, 3.63) is 63.8 Å². The maximum absolute atomic E-state index is 12.5. The summed E-state index contributed by atoms with van der Waals surface area (Å²) in [4.78, 5) is 14.6. The Hall–Kier alpha value is -2.30. The molecule has 0 N–H and O–H groups in total. The van der Waals surface area contributed by atoms with E-state index in [1.54, 1.807) is 6.07 Å². The van der Waals surface area contributed by atoms with Gasteiger partial charge in [-0.25, -0.2) is 0 Å². The zero-order valence-electron chi connectivity index (χ0n) is 13.0. The molecule has 2 aromatic carbocycles. The molecule has 2 heterocycles. The molecule has 0 amide bonds. The van der Waals surface area contributed by atoms with Crippen molar-refractivity contribution in [2.24, 2.45) is 0 Å². The number of benzene rings is 2. The Morgan fingerprint density at radius 3 is 2.38 bits per heavy atom. The van der Waals surface area contributed by atoms with Gasteiger partial charge in [0.15, 0.2) is 11.3 Å². The Morgan fingerprint density at radius 2 is 1.62 bits per heavy atom. The fraction of sp³-hybridized carbons (Fsp3) is 0.211. The Morgan fingerprint density at radius 1 is 0.917 bits per heavy atom. The van der Waals surface area contributed by atoms with Crippen molar-refractivity contribution in [1.82, 2.24) is 0 Å². The van der Waals surface area contributed by atoms with Gasteiger partial charge in [-0.05, 0) is 35.4 Å². The van der Waals surface area contributed by atoms with Crippen molar-refractivity contribution in [1.29, 1.82) is 0 Å². The lowest BCUT2D eigenvalue weighted by Gasteiger charge is -2.27. The van der Waals surface area contributed by atoms with Gasteiger partial charge >= 0.3 is 0 Å². The second-order valence-electron chi connectivity index (χ2n) is 5.77. The van der Waals surface area contributed by atoms with Crippen LogP contribution in [0.5, 0.6) is 0 Å². The third kappa shape index (κ3) is 2.90. The van der Waals surface area contributed by atoms with Crippen molar-refractivity contribution < 1.29 is 9.15 Å². The van der Waals surface area contributed by atoms with Gasteiger partial charge in [-0.3, -0.25) is 4.79 Å². The van der Waals surface area contributed by atoms with Crippen LogP contribution in [0, 0.1) is 0 Å². The summed E-state index contributed by atoms with van der Waals surface area (Å²) in [6.07, 6.45) is 0. The number of hydrogen-bond donors (Lipinski definition) is 0. The van der Waals surface area contributed by atoms with Gasteiger partial charge in [0, 0.05) is 24.2 Å². The van der Waals surface area contributed by atoms with Crippen molar-refractivity contribution in [2.45, 2.75) is 0 Å². The highest BCUT2D eigenvalue weighted by Crippen LogP contribution is 2.26. The lowest BCUT2D eigenvalue weighted by molar-refractivity contribution is 0.121. The zero-order chi connectivity index (χ0) is 16.5. The predicted octanol–water partition coefficient (Wildman–Crippen LogP) is 3.95. The van der Waals surface area contributed by atoms with E-state index in [1.807, 2.05) is 47.4 Å². The van der Waals surface area contributed by atoms with Crippen molar-refractivity contribution in [3.63, 3.8) is 0 Å². The first-order chi connectivity index (χ1) is 11.7. The normalized spacial score (nSPS) is 15.0. The molecule has 122 valence electrons. The monoisotopic (exact) mass is 341 g/mol. The van der Waals surface area contributed by atoms with Crippen LogP contribution in [0.25, 0.3) is 22.1 Å². The molecule has 4 nitrogen and oxygen atoms in total. The molecule has 0 radical (unpaired) electrons. The topological polar surface area (TPSA) is 42.7 Å². The van der Waals surface area contributed by atoms with Crippen LogP contribution in [0.4, 0.5) is 5.88 Å². The second-order valence-corrected chi connectivity index (χ2v) is 6.20. The van der Waals surface area contributed by atoms with E-state index in [9.17, 15) is 4.79 Å². The molecule has 1 saturated heterocycles. The van der Waals surface area contributed by atoms with E-state index in [2.05, 4.69) is 0 Å². The summed E-state index contributed by atoms with van der Waals surface area (Å²) in [6, 6.07) is 14.8. The minimum Gasteiger partial charge on any atom is -0.440 e. The third-order valence-corrected chi connectivity index (χ3v) is 4.47. The van der Waals surface area contributed by atoms with E-state index in [0.29, 0.717) is 35.1 Å². The molecular formula is C19H16ClNO3. The Labute approximate surface area is 144 Å². The average molecular weight is 342 g/mol. The van der Waals surface area contributed by atoms with Crippen LogP contribution in [0.15, 0.2) is 57.7 Å². The first kappa shape index (κ1) is 15.2. The summed E-state index contributed by atoms with van der Waals surface area (Å²) < 4.78 is 11.3. The van der Waals surface area contributed by atoms with Crippen LogP contribution < -0.4 is 10.3 Å². The number of morpholine rings is 1. The molecule has 3 aromatic rings. The van der Waals surface area contributed by atoms with Crippen LogP contribution in [0.1, 0.15) is 0 Å². The van der Waals surface area contributed by atoms with Gasteiger partial charge in [-0.1, -0.05) is 29.8 Å². The Kier molecular flexibility index (Phi) is 4.00. The highest BCUT2D eigenvalue weighted by Gasteiger charge is 2.15. The summed E-state index contributed by atoms with van der Waals surface area (Å²) in [7, 11) is 0. The van der Waals surface area contributed by atoms with Gasteiger partial charge < -0.3 is 14.1 Å². The highest BCUT2D eigenvalue weighted by atomic mass is 35.5. The smallest absolute Gasteiger partial charge is 0.200 e. The van der Waals surface area contributed by atoms with Crippen molar-refractivity contribution >= 4 is 28.5 Å². The first-order valence-corrected chi connectivity index (χ1v) is 8.25. The number of fused-ring (bicyclic) bond motifs is 1. The molecular weight excluding hydrogens is 326 g/mol. The molecule has 0 saturated carbocycles. The van der Waals surface area contributed by atoms with Crippen molar-refractivity contribution in [2.75, 3.05) is 31.2 Å². The van der Waals surface area contributed by atoms with Gasteiger partial charge in [0.1, 0.15) is 5.58 Å². The van der Waals surface area contributed by atoms with E-state index in [-0.39, 0.29) is 5.43 Å². The summed E-state index contributed by atoms with van der Waals surface area (Å²) in [5.74, 6) is 0.607. The number of nitrogens with zero attached hydrogens (tertiary/aromatic N) is 1. The van der Waals surface area contributed by atoms with Crippen LogP contribution in [-0.4, -0.2) is 26.3 Å². The lowest BCUT2D eigenvalue weighted by Crippen LogP contribution is -2.36. The molecule has 24 heavy (non-hydrogen) atoms. The predicted molar refractivity (Wildman–Crippen MR) is 96.0 cm³/mol. The van der Waals surface area contributed by atoms with Gasteiger partial charge in [-0.2, -0.15) is 0 Å². The quantitative estimate of drug-likeness (QED) is 0.708. The SMILES string of the molecule is O=c1cc(N2CCOCC2)oc2ccc(-c3ccc(Cl)cc3)cc12. The van der Waals surface area contributed by atoms with E-state index >= 15 is 0 Å². The van der Waals surface area contributed by atoms with E-state index < -0.39 is 0 Å². The van der Waals surface area contributed by atoms with Gasteiger partial charge in [0.05, 0.1) is 18.6 Å². The molecule has 0 spiro atoms. The maximum atomic E-state index is 12.5. The van der Waals surface area contributed by atoms with Gasteiger partial charge in [0.25, 0.3) is 0 Å². The number of ether oxygens (including phenoxy) is 1. The third-order valence-electron chi connectivity index (χ3n) is 4.21.